The fraction of sp³-hybridized carbons (Fsp3) is 0.0667. The summed E-state index contributed by atoms with van der Waals surface area (Å²) in [5.74, 6) is 0.317. The van der Waals surface area contributed by atoms with E-state index < -0.39 is 0 Å². The number of nitrogens with two attached hydrogens (primary N) is 1. The van der Waals surface area contributed by atoms with E-state index in [-0.39, 0.29) is 11.5 Å². The molecule has 0 aliphatic rings. The van der Waals surface area contributed by atoms with E-state index in [1.165, 1.54) is 11.8 Å². The molecule has 2 rings (SSSR count). The highest BCUT2D eigenvalue weighted by atomic mass is 79.9. The summed E-state index contributed by atoms with van der Waals surface area (Å²) in [7, 11) is 0. The number of halogens is 1. The molecule has 2 N–H and O–H groups in total. The van der Waals surface area contributed by atoms with Crippen molar-refractivity contribution in [2.75, 3.05) is 5.75 Å². The monoisotopic (exact) mass is 348 g/mol. The number of amidine groups is 1. The summed E-state index contributed by atoms with van der Waals surface area (Å²) in [6.45, 7) is 0. The third-order valence-corrected chi connectivity index (χ3v) is 3.84. The minimum Gasteiger partial charge on any atom is -0.378 e. The van der Waals surface area contributed by atoms with Gasteiger partial charge in [0.05, 0.1) is 11.4 Å². The summed E-state index contributed by atoms with van der Waals surface area (Å²) in [5, 5.41) is 0.390. The molecule has 0 saturated carbocycles. The van der Waals surface area contributed by atoms with Gasteiger partial charge in [-0.05, 0) is 24.3 Å². The maximum atomic E-state index is 12.0. The average molecular weight is 349 g/mol. The van der Waals surface area contributed by atoms with E-state index in [1.54, 1.807) is 12.1 Å². The number of benzene rings is 2. The number of thioether (sulfide) groups is 1. The molecule has 0 heterocycles. The number of ketones is 1. The molecule has 0 fully saturated rings. The second-order valence-corrected chi connectivity index (χ2v) is 5.92. The molecule has 2 aromatic rings. The van der Waals surface area contributed by atoms with Gasteiger partial charge in [0.25, 0.3) is 0 Å². The highest BCUT2D eigenvalue weighted by Crippen LogP contribution is 2.15. The van der Waals surface area contributed by atoms with Gasteiger partial charge in [0.2, 0.25) is 0 Å². The Balaban J connectivity index is 1.93. The first kappa shape index (κ1) is 14.8. The van der Waals surface area contributed by atoms with Crippen molar-refractivity contribution in [1.29, 1.82) is 0 Å². The zero-order valence-electron chi connectivity index (χ0n) is 10.6. The Hall–Kier alpha value is -1.59. The van der Waals surface area contributed by atoms with Gasteiger partial charge in [0.15, 0.2) is 11.0 Å². The quantitative estimate of drug-likeness (QED) is 0.515. The number of para-hydroxylation sites is 1. The molecule has 5 heteroatoms. The fourth-order valence-corrected chi connectivity index (χ4v) is 2.40. The Kier molecular flexibility index (Phi) is 5.38. The average Bonchev–Trinajstić information content (AvgIpc) is 2.46. The van der Waals surface area contributed by atoms with E-state index in [1.807, 2.05) is 42.5 Å². The van der Waals surface area contributed by atoms with Crippen LogP contribution in [0, 0.1) is 0 Å². The second-order valence-electron chi connectivity index (χ2n) is 4.00. The van der Waals surface area contributed by atoms with Gasteiger partial charge in [-0.1, -0.05) is 58.0 Å². The van der Waals surface area contributed by atoms with Crippen LogP contribution in [0.4, 0.5) is 5.69 Å². The van der Waals surface area contributed by atoms with Gasteiger partial charge in [0, 0.05) is 10.0 Å². The molecule has 0 aliphatic heterocycles. The van der Waals surface area contributed by atoms with Crippen LogP contribution in [0.2, 0.25) is 0 Å². The molecule has 2 aromatic carbocycles. The molecule has 0 saturated heterocycles. The Bertz CT molecular complexity index is 612. The second kappa shape index (κ2) is 7.26. The number of Topliss-reactive ketones (excluding diaryl/α,β-unsaturated/α-hetero) is 1. The van der Waals surface area contributed by atoms with Gasteiger partial charge in [0.1, 0.15) is 0 Å². The van der Waals surface area contributed by atoms with E-state index in [9.17, 15) is 4.79 Å². The predicted molar refractivity (Wildman–Crippen MR) is 88.7 cm³/mol. The summed E-state index contributed by atoms with van der Waals surface area (Å²) in [5.41, 5.74) is 7.27. The lowest BCUT2D eigenvalue weighted by molar-refractivity contribution is 0.102. The number of aliphatic imine (C=N–C) groups is 1. The highest BCUT2D eigenvalue weighted by Gasteiger charge is 2.07. The van der Waals surface area contributed by atoms with Gasteiger partial charge < -0.3 is 5.73 Å². The van der Waals surface area contributed by atoms with Crippen molar-refractivity contribution in [3.05, 3.63) is 64.6 Å². The Morgan fingerprint density at radius 1 is 1.10 bits per heavy atom. The van der Waals surface area contributed by atoms with Crippen LogP contribution >= 0.6 is 27.7 Å². The zero-order chi connectivity index (χ0) is 14.4. The lowest BCUT2D eigenvalue weighted by Crippen LogP contribution is -2.11. The summed E-state index contributed by atoms with van der Waals surface area (Å²) >= 11 is 4.58. The van der Waals surface area contributed by atoms with Crippen LogP contribution in [-0.2, 0) is 0 Å². The Morgan fingerprint density at radius 3 is 2.40 bits per heavy atom. The van der Waals surface area contributed by atoms with Gasteiger partial charge in [-0.15, -0.1) is 0 Å². The molecule has 0 aliphatic carbocycles. The third-order valence-electron chi connectivity index (χ3n) is 2.51. The molecule has 102 valence electrons. The molecule has 3 nitrogen and oxygen atoms in total. The van der Waals surface area contributed by atoms with Crippen LogP contribution in [0.25, 0.3) is 0 Å². The molecule has 0 amide bonds. The van der Waals surface area contributed by atoms with E-state index >= 15 is 0 Å². The topological polar surface area (TPSA) is 55.4 Å². The minimum absolute atomic E-state index is 0.0358. The first-order valence-corrected chi connectivity index (χ1v) is 7.74. The number of rotatable bonds is 4. The molecule has 0 spiro atoms. The van der Waals surface area contributed by atoms with Gasteiger partial charge in [-0.3, -0.25) is 4.79 Å². The number of hydrogen-bond acceptors (Lipinski definition) is 3. The van der Waals surface area contributed by atoms with Crippen LogP contribution < -0.4 is 5.73 Å². The predicted octanol–water partition coefficient (Wildman–Crippen LogP) is 4.01. The largest absolute Gasteiger partial charge is 0.378 e. The number of hydrogen-bond donors (Lipinski definition) is 1. The summed E-state index contributed by atoms with van der Waals surface area (Å²) in [6.07, 6.45) is 0. The molecule has 0 atom stereocenters. The zero-order valence-corrected chi connectivity index (χ0v) is 13.0. The molecule has 0 radical (unpaired) electrons. The maximum Gasteiger partial charge on any atom is 0.173 e. The lowest BCUT2D eigenvalue weighted by Gasteiger charge is -2.02. The van der Waals surface area contributed by atoms with Gasteiger partial charge >= 0.3 is 0 Å². The van der Waals surface area contributed by atoms with E-state index in [0.717, 1.165) is 10.2 Å². The third kappa shape index (κ3) is 4.51. The summed E-state index contributed by atoms with van der Waals surface area (Å²) in [4.78, 5) is 16.2. The van der Waals surface area contributed by atoms with Crippen molar-refractivity contribution in [1.82, 2.24) is 0 Å². The SMILES string of the molecule is NC(=Nc1ccccc1)SCC(=O)c1ccc(Br)cc1. The molecular weight excluding hydrogens is 336 g/mol. The Labute approximate surface area is 130 Å². The van der Waals surface area contributed by atoms with Gasteiger partial charge in [-0.2, -0.15) is 0 Å². The Morgan fingerprint density at radius 2 is 1.75 bits per heavy atom. The first-order chi connectivity index (χ1) is 9.65. The lowest BCUT2D eigenvalue weighted by atomic mass is 10.2. The van der Waals surface area contributed by atoms with Crippen molar-refractivity contribution >= 4 is 44.3 Å². The molecular formula is C15H13BrN2OS. The minimum atomic E-state index is 0.0358. The molecule has 0 unspecified atom stereocenters. The van der Waals surface area contributed by atoms with E-state index in [0.29, 0.717) is 10.7 Å². The van der Waals surface area contributed by atoms with Gasteiger partial charge in [-0.25, -0.2) is 4.99 Å². The van der Waals surface area contributed by atoms with Crippen molar-refractivity contribution in [3.63, 3.8) is 0 Å². The van der Waals surface area contributed by atoms with Crippen molar-refractivity contribution in [2.24, 2.45) is 10.7 Å². The van der Waals surface area contributed by atoms with E-state index in [2.05, 4.69) is 20.9 Å². The van der Waals surface area contributed by atoms with Crippen molar-refractivity contribution < 1.29 is 4.79 Å². The van der Waals surface area contributed by atoms with Crippen LogP contribution in [0.3, 0.4) is 0 Å². The summed E-state index contributed by atoms with van der Waals surface area (Å²) in [6, 6.07) is 16.7. The highest BCUT2D eigenvalue weighted by molar-refractivity contribution is 9.10. The smallest absolute Gasteiger partial charge is 0.173 e. The fourth-order valence-electron chi connectivity index (χ4n) is 1.52. The van der Waals surface area contributed by atoms with Crippen molar-refractivity contribution in [3.8, 4) is 0 Å². The molecule has 0 aromatic heterocycles. The normalized spacial score (nSPS) is 11.3. The number of carbonyl (C=O) groups is 1. The summed E-state index contributed by atoms with van der Waals surface area (Å²) < 4.78 is 0.951. The maximum absolute atomic E-state index is 12.0. The standard InChI is InChI=1S/C15H13BrN2OS/c16-12-8-6-11(7-9-12)14(19)10-20-15(17)18-13-4-2-1-3-5-13/h1-9H,10H2,(H2,17,18). The van der Waals surface area contributed by atoms with Crippen LogP contribution in [0.5, 0.6) is 0 Å². The van der Waals surface area contributed by atoms with Crippen molar-refractivity contribution in [2.45, 2.75) is 0 Å². The molecule has 0 bridgehead atoms. The number of carbonyl (C=O) groups excluding carboxylic acids is 1. The van der Waals surface area contributed by atoms with Crippen LogP contribution in [0.15, 0.2) is 64.1 Å². The van der Waals surface area contributed by atoms with Crippen LogP contribution in [-0.4, -0.2) is 16.7 Å². The molecule has 20 heavy (non-hydrogen) atoms. The van der Waals surface area contributed by atoms with E-state index in [4.69, 9.17) is 5.73 Å². The van der Waals surface area contributed by atoms with Crippen LogP contribution in [0.1, 0.15) is 10.4 Å². The number of nitrogens with zero attached hydrogens (tertiary/aromatic N) is 1. The first-order valence-electron chi connectivity index (χ1n) is 5.96.